The summed E-state index contributed by atoms with van der Waals surface area (Å²) in [5.74, 6) is -0.816. The van der Waals surface area contributed by atoms with Crippen molar-refractivity contribution < 1.29 is 14.0 Å². The molecule has 3 amide bonds. The van der Waals surface area contributed by atoms with Crippen molar-refractivity contribution in [3.8, 4) is 17.3 Å². The lowest BCUT2D eigenvalue weighted by molar-refractivity contribution is 0.0960. The van der Waals surface area contributed by atoms with Crippen LogP contribution in [0.1, 0.15) is 28.0 Å². The Morgan fingerprint density at radius 3 is 2.78 bits per heavy atom. The van der Waals surface area contributed by atoms with E-state index in [2.05, 4.69) is 21.8 Å². The Labute approximate surface area is 185 Å². The van der Waals surface area contributed by atoms with E-state index < -0.39 is 0 Å². The minimum absolute atomic E-state index is 0.177. The molecule has 0 saturated heterocycles. The Balaban J connectivity index is 1.60. The summed E-state index contributed by atoms with van der Waals surface area (Å²) in [5, 5.41) is 19.1. The number of nitrogens with zero attached hydrogens (tertiary/aromatic N) is 4. The first kappa shape index (κ1) is 21.3. The van der Waals surface area contributed by atoms with Gasteiger partial charge in [0.15, 0.2) is 0 Å². The molecule has 2 heterocycles. The zero-order valence-corrected chi connectivity index (χ0v) is 17.9. The van der Waals surface area contributed by atoms with Crippen LogP contribution in [0, 0.1) is 30.0 Å². The summed E-state index contributed by atoms with van der Waals surface area (Å²) in [6.45, 7) is 2.72. The van der Waals surface area contributed by atoms with Crippen molar-refractivity contribution >= 4 is 11.9 Å². The predicted molar refractivity (Wildman–Crippen MR) is 116 cm³/mol. The molecule has 0 fully saturated rings. The first-order valence-corrected chi connectivity index (χ1v) is 10.3. The minimum Gasteiger partial charge on any atom is -0.355 e. The number of amides is 3. The van der Waals surface area contributed by atoms with Crippen LogP contribution in [0.3, 0.4) is 0 Å². The number of halogens is 1. The molecular weight excluding hydrogens is 411 g/mol. The molecule has 2 aliphatic rings. The van der Waals surface area contributed by atoms with Gasteiger partial charge in [0.25, 0.3) is 5.91 Å². The third-order valence-electron chi connectivity index (χ3n) is 5.67. The topological polar surface area (TPSA) is 103 Å². The molecule has 1 aliphatic carbocycles. The van der Waals surface area contributed by atoms with Gasteiger partial charge in [-0.1, -0.05) is 12.2 Å². The number of aromatic nitrogens is 2. The third-order valence-corrected chi connectivity index (χ3v) is 5.67. The quantitative estimate of drug-likeness (QED) is 0.775. The number of carbonyl (C=O) groups is 2. The molecule has 1 aromatic heterocycles. The lowest BCUT2D eigenvalue weighted by Crippen LogP contribution is -2.44. The van der Waals surface area contributed by atoms with E-state index in [0.717, 1.165) is 0 Å². The summed E-state index contributed by atoms with van der Waals surface area (Å²) in [6.07, 6.45) is 5.87. The van der Waals surface area contributed by atoms with Gasteiger partial charge in [-0.05, 0) is 43.2 Å². The molecule has 4 rings (SSSR count). The van der Waals surface area contributed by atoms with Crippen LogP contribution in [0.5, 0.6) is 0 Å². The molecule has 8 nitrogen and oxygen atoms in total. The van der Waals surface area contributed by atoms with E-state index in [4.69, 9.17) is 5.26 Å². The van der Waals surface area contributed by atoms with Gasteiger partial charge in [0.1, 0.15) is 11.5 Å². The van der Waals surface area contributed by atoms with Gasteiger partial charge in [-0.2, -0.15) is 10.4 Å². The van der Waals surface area contributed by atoms with Crippen LogP contribution in [-0.2, 0) is 13.1 Å². The SMILES string of the molecule is CNC(=O)c1c(-c2ccc(F)c(C)c2)nn2c1CN(C(=O)NC1=CCC(C#N)C=C1)CC2. The summed E-state index contributed by atoms with van der Waals surface area (Å²) in [6, 6.07) is 6.51. The number of benzene rings is 1. The molecule has 0 spiro atoms. The normalized spacial score (nSPS) is 17.2. The molecule has 2 aromatic rings. The Morgan fingerprint density at radius 2 is 2.12 bits per heavy atom. The van der Waals surface area contributed by atoms with Crippen molar-refractivity contribution in [2.75, 3.05) is 13.6 Å². The zero-order chi connectivity index (χ0) is 22.8. The van der Waals surface area contributed by atoms with Crippen LogP contribution in [0.25, 0.3) is 11.3 Å². The fraction of sp³-hybridized carbons (Fsp3) is 0.304. The number of aryl methyl sites for hydroxylation is 1. The maximum Gasteiger partial charge on any atom is 0.322 e. The highest BCUT2D eigenvalue weighted by molar-refractivity contribution is 6.01. The summed E-state index contributed by atoms with van der Waals surface area (Å²) in [5.41, 5.74) is 3.22. The Hall–Kier alpha value is -3.93. The lowest BCUT2D eigenvalue weighted by atomic mass is 10.0. The van der Waals surface area contributed by atoms with Crippen molar-refractivity contribution in [2.24, 2.45) is 5.92 Å². The van der Waals surface area contributed by atoms with E-state index >= 15 is 0 Å². The van der Waals surface area contributed by atoms with Crippen molar-refractivity contribution in [3.63, 3.8) is 0 Å². The van der Waals surface area contributed by atoms with E-state index in [-0.39, 0.29) is 30.2 Å². The number of hydrogen-bond donors (Lipinski definition) is 2. The summed E-state index contributed by atoms with van der Waals surface area (Å²) >= 11 is 0. The first-order valence-electron chi connectivity index (χ1n) is 10.3. The fourth-order valence-corrected chi connectivity index (χ4v) is 3.86. The van der Waals surface area contributed by atoms with Crippen LogP contribution < -0.4 is 10.6 Å². The van der Waals surface area contributed by atoms with Crippen LogP contribution in [0.15, 0.2) is 42.1 Å². The largest absolute Gasteiger partial charge is 0.355 e. The van der Waals surface area contributed by atoms with Gasteiger partial charge in [-0.25, -0.2) is 9.18 Å². The molecule has 1 aliphatic heterocycles. The highest BCUT2D eigenvalue weighted by atomic mass is 19.1. The van der Waals surface area contributed by atoms with Gasteiger partial charge in [-0.15, -0.1) is 0 Å². The maximum atomic E-state index is 13.8. The molecular formula is C23H23FN6O2. The Kier molecular flexibility index (Phi) is 5.77. The molecule has 1 atom stereocenters. The maximum absolute atomic E-state index is 13.8. The number of nitriles is 1. The number of fused-ring (bicyclic) bond motifs is 1. The summed E-state index contributed by atoms with van der Waals surface area (Å²) in [4.78, 5) is 27.2. The van der Waals surface area contributed by atoms with Crippen LogP contribution >= 0.6 is 0 Å². The second-order valence-corrected chi connectivity index (χ2v) is 7.78. The number of urea groups is 1. The number of hydrogen-bond acceptors (Lipinski definition) is 4. The van der Waals surface area contributed by atoms with E-state index in [1.807, 2.05) is 6.08 Å². The second kappa shape index (κ2) is 8.67. The molecule has 0 radical (unpaired) electrons. The molecule has 2 N–H and O–H groups in total. The average molecular weight is 434 g/mol. The van der Waals surface area contributed by atoms with E-state index in [1.165, 1.54) is 13.1 Å². The highest BCUT2D eigenvalue weighted by Crippen LogP contribution is 2.29. The average Bonchev–Trinajstić information content (AvgIpc) is 3.19. The van der Waals surface area contributed by atoms with Crippen LogP contribution in [0.4, 0.5) is 9.18 Å². The van der Waals surface area contributed by atoms with Gasteiger partial charge in [0.05, 0.1) is 36.3 Å². The standard InChI is InChI=1S/C23H23FN6O2/c1-14-11-16(5-8-18(14)24)21-20(22(31)26-2)19-13-29(9-10-30(19)28-21)23(32)27-17-6-3-15(12-25)4-7-17/h3,5-8,11,15H,4,9-10,13H2,1-2H3,(H,26,31)(H,27,32). The van der Waals surface area contributed by atoms with Gasteiger partial charge in [0.2, 0.25) is 0 Å². The molecule has 9 heteroatoms. The Morgan fingerprint density at radius 1 is 1.31 bits per heavy atom. The number of rotatable bonds is 3. The zero-order valence-electron chi connectivity index (χ0n) is 17.9. The van der Waals surface area contributed by atoms with Gasteiger partial charge >= 0.3 is 6.03 Å². The summed E-state index contributed by atoms with van der Waals surface area (Å²) < 4.78 is 15.5. The van der Waals surface area contributed by atoms with Crippen molar-refractivity contribution in [3.05, 3.63) is 64.8 Å². The molecule has 0 bridgehead atoms. The highest BCUT2D eigenvalue weighted by Gasteiger charge is 2.30. The number of nitrogens with one attached hydrogen (secondary N) is 2. The van der Waals surface area contributed by atoms with E-state index in [0.29, 0.717) is 53.3 Å². The molecule has 0 saturated carbocycles. The van der Waals surface area contributed by atoms with Gasteiger partial charge < -0.3 is 15.5 Å². The van der Waals surface area contributed by atoms with Crippen molar-refractivity contribution in [1.82, 2.24) is 25.3 Å². The minimum atomic E-state index is -0.325. The molecule has 1 unspecified atom stereocenters. The van der Waals surface area contributed by atoms with Gasteiger partial charge in [-0.3, -0.25) is 9.48 Å². The fourth-order valence-electron chi connectivity index (χ4n) is 3.86. The second-order valence-electron chi connectivity index (χ2n) is 7.78. The Bertz CT molecular complexity index is 1190. The predicted octanol–water partition coefficient (Wildman–Crippen LogP) is 2.87. The monoisotopic (exact) mass is 434 g/mol. The molecule has 1 aromatic carbocycles. The lowest BCUT2D eigenvalue weighted by Gasteiger charge is -2.28. The van der Waals surface area contributed by atoms with Crippen molar-refractivity contribution in [2.45, 2.75) is 26.4 Å². The number of carbonyl (C=O) groups excluding carboxylic acids is 2. The van der Waals surface area contributed by atoms with E-state index in [9.17, 15) is 14.0 Å². The van der Waals surface area contributed by atoms with E-state index in [1.54, 1.807) is 40.8 Å². The smallest absolute Gasteiger partial charge is 0.322 e. The molecule has 32 heavy (non-hydrogen) atoms. The third kappa shape index (κ3) is 3.99. The number of allylic oxidation sites excluding steroid dienone is 3. The van der Waals surface area contributed by atoms with Crippen molar-refractivity contribution in [1.29, 1.82) is 5.26 Å². The molecule has 164 valence electrons. The van der Waals surface area contributed by atoms with Crippen LogP contribution in [-0.4, -0.2) is 40.2 Å². The van der Waals surface area contributed by atoms with Crippen LogP contribution in [0.2, 0.25) is 0 Å². The van der Waals surface area contributed by atoms with Gasteiger partial charge in [0, 0.05) is 24.9 Å². The summed E-state index contributed by atoms with van der Waals surface area (Å²) in [7, 11) is 1.54. The first-order chi connectivity index (χ1) is 15.4.